The largest absolute Gasteiger partial charge is 0.433 e. The van der Waals surface area contributed by atoms with Gasteiger partial charge in [0.25, 0.3) is 0 Å². The molecule has 0 fully saturated rings. The van der Waals surface area contributed by atoms with Crippen molar-refractivity contribution in [3.8, 4) is 5.75 Å². The predicted molar refractivity (Wildman–Crippen MR) is 106 cm³/mol. The third kappa shape index (κ3) is 5.14. The van der Waals surface area contributed by atoms with Crippen LogP contribution in [0.4, 0.5) is 24.7 Å². The average Bonchev–Trinajstić information content (AvgIpc) is 3.06. The Kier molecular flexibility index (Phi) is 6.37. The first-order chi connectivity index (χ1) is 13.4. The first kappa shape index (κ1) is 20.0. The van der Waals surface area contributed by atoms with E-state index >= 15 is 0 Å². The third-order valence-corrected chi connectivity index (χ3v) is 4.17. The van der Waals surface area contributed by atoms with Crippen molar-refractivity contribution in [1.29, 1.82) is 0 Å². The van der Waals surface area contributed by atoms with Gasteiger partial charge in [-0.25, -0.2) is 4.39 Å². The molecule has 0 amide bonds. The number of thiocarbonyl (C=S) groups is 1. The summed E-state index contributed by atoms with van der Waals surface area (Å²) in [6.45, 7) is -2.82. The molecule has 2 N–H and O–H groups in total. The van der Waals surface area contributed by atoms with E-state index in [9.17, 15) is 13.2 Å². The van der Waals surface area contributed by atoms with Gasteiger partial charge in [-0.2, -0.15) is 13.9 Å². The fourth-order valence-electron chi connectivity index (χ4n) is 2.40. The Morgan fingerprint density at radius 1 is 1.14 bits per heavy atom. The maximum Gasteiger partial charge on any atom is 0.387 e. The number of hydrogen-bond acceptors (Lipinski definition) is 3. The minimum Gasteiger partial charge on any atom is -0.433 e. The molecule has 0 aliphatic carbocycles. The topological polar surface area (TPSA) is 51.1 Å². The number of anilines is 2. The number of nitrogens with zero attached hydrogens (tertiary/aromatic N) is 2. The molecule has 28 heavy (non-hydrogen) atoms. The van der Waals surface area contributed by atoms with Gasteiger partial charge in [-0.3, -0.25) is 4.68 Å². The van der Waals surface area contributed by atoms with Crippen LogP contribution in [0.5, 0.6) is 5.75 Å². The Morgan fingerprint density at radius 3 is 2.68 bits per heavy atom. The van der Waals surface area contributed by atoms with Gasteiger partial charge in [0.15, 0.2) is 10.9 Å². The second-order valence-electron chi connectivity index (χ2n) is 5.55. The number of ether oxygens (including phenoxy) is 1. The van der Waals surface area contributed by atoms with E-state index in [-0.39, 0.29) is 23.1 Å². The Labute approximate surface area is 169 Å². The van der Waals surface area contributed by atoms with E-state index in [4.69, 9.17) is 23.8 Å². The van der Waals surface area contributed by atoms with Crippen LogP contribution in [0.2, 0.25) is 5.02 Å². The van der Waals surface area contributed by atoms with Gasteiger partial charge in [0.05, 0.1) is 12.2 Å². The lowest BCUT2D eigenvalue weighted by atomic mass is 10.2. The smallest absolute Gasteiger partial charge is 0.387 e. The van der Waals surface area contributed by atoms with Gasteiger partial charge in [0.1, 0.15) is 11.6 Å². The second kappa shape index (κ2) is 8.94. The van der Waals surface area contributed by atoms with Crippen LogP contribution >= 0.6 is 23.8 Å². The molecule has 0 aliphatic rings. The average molecular weight is 427 g/mol. The van der Waals surface area contributed by atoms with Crippen LogP contribution in [0.25, 0.3) is 0 Å². The maximum atomic E-state index is 13.9. The molecule has 0 saturated carbocycles. The quantitative estimate of drug-likeness (QED) is 0.535. The molecule has 5 nitrogen and oxygen atoms in total. The fourth-order valence-corrected chi connectivity index (χ4v) is 2.84. The molecule has 0 radical (unpaired) electrons. The van der Waals surface area contributed by atoms with E-state index in [2.05, 4.69) is 20.5 Å². The number of hydrogen-bond donors (Lipinski definition) is 2. The number of aromatic nitrogens is 2. The number of halogens is 4. The third-order valence-electron chi connectivity index (χ3n) is 3.62. The zero-order valence-corrected chi connectivity index (χ0v) is 15.8. The highest BCUT2D eigenvalue weighted by Crippen LogP contribution is 2.25. The predicted octanol–water partition coefficient (Wildman–Crippen LogP) is 5.13. The van der Waals surface area contributed by atoms with Crippen LogP contribution in [0.15, 0.2) is 54.7 Å². The summed E-state index contributed by atoms with van der Waals surface area (Å²) in [5.41, 5.74) is 0.593. The number of benzene rings is 2. The van der Waals surface area contributed by atoms with Gasteiger partial charge in [-0.15, -0.1) is 0 Å². The molecule has 0 atom stereocenters. The van der Waals surface area contributed by atoms with Gasteiger partial charge in [-0.1, -0.05) is 29.8 Å². The molecule has 0 spiro atoms. The summed E-state index contributed by atoms with van der Waals surface area (Å²) >= 11 is 11.2. The van der Waals surface area contributed by atoms with E-state index in [1.165, 1.54) is 22.9 Å². The minimum atomic E-state index is -2.95. The fraction of sp³-hybridized carbons (Fsp3) is 0.111. The number of para-hydroxylation sites is 2. The van der Waals surface area contributed by atoms with E-state index in [1.54, 1.807) is 36.5 Å². The van der Waals surface area contributed by atoms with Crippen molar-refractivity contribution >= 4 is 40.4 Å². The van der Waals surface area contributed by atoms with Gasteiger partial charge in [0, 0.05) is 22.8 Å². The lowest BCUT2D eigenvalue weighted by molar-refractivity contribution is -0.0493. The summed E-state index contributed by atoms with van der Waals surface area (Å²) in [6.07, 6.45) is 1.63. The SMILES string of the molecule is Fc1cccc(Cl)c1Cn1ccc(NC(=S)Nc2ccccc2OC(F)F)n1. The Morgan fingerprint density at radius 2 is 1.93 bits per heavy atom. The van der Waals surface area contributed by atoms with Gasteiger partial charge in [-0.05, 0) is 36.5 Å². The monoisotopic (exact) mass is 426 g/mol. The zero-order chi connectivity index (χ0) is 20.1. The lowest BCUT2D eigenvalue weighted by Gasteiger charge is -2.13. The Bertz CT molecular complexity index is 963. The molecule has 0 saturated heterocycles. The highest BCUT2D eigenvalue weighted by Gasteiger charge is 2.12. The molecule has 1 aromatic heterocycles. The lowest BCUT2D eigenvalue weighted by Crippen LogP contribution is -2.20. The van der Waals surface area contributed by atoms with Crippen LogP contribution < -0.4 is 15.4 Å². The first-order valence-corrected chi connectivity index (χ1v) is 8.79. The van der Waals surface area contributed by atoms with Crippen molar-refractivity contribution in [2.24, 2.45) is 0 Å². The van der Waals surface area contributed by atoms with Crippen molar-refractivity contribution < 1.29 is 17.9 Å². The normalized spacial score (nSPS) is 10.8. The van der Waals surface area contributed by atoms with Crippen molar-refractivity contribution in [2.45, 2.75) is 13.2 Å². The summed E-state index contributed by atoms with van der Waals surface area (Å²) in [4.78, 5) is 0. The molecule has 146 valence electrons. The molecule has 3 rings (SSSR count). The first-order valence-electron chi connectivity index (χ1n) is 8.00. The van der Waals surface area contributed by atoms with E-state index in [1.807, 2.05) is 0 Å². The number of rotatable bonds is 6. The van der Waals surface area contributed by atoms with Gasteiger partial charge < -0.3 is 15.4 Å². The zero-order valence-electron chi connectivity index (χ0n) is 14.2. The van der Waals surface area contributed by atoms with Crippen LogP contribution in [0, 0.1) is 5.82 Å². The van der Waals surface area contributed by atoms with Crippen LogP contribution in [-0.4, -0.2) is 21.5 Å². The summed E-state index contributed by atoms with van der Waals surface area (Å²) in [5.74, 6) is -0.0797. The number of alkyl halides is 2. The van der Waals surface area contributed by atoms with E-state index in [0.717, 1.165) is 0 Å². The molecule has 1 heterocycles. The summed E-state index contributed by atoms with van der Waals surface area (Å²) in [7, 11) is 0. The van der Waals surface area contributed by atoms with Crippen LogP contribution in [0.1, 0.15) is 5.56 Å². The van der Waals surface area contributed by atoms with Crippen molar-refractivity contribution in [1.82, 2.24) is 9.78 Å². The molecule has 3 aromatic rings. The highest BCUT2D eigenvalue weighted by atomic mass is 35.5. The highest BCUT2D eigenvalue weighted by molar-refractivity contribution is 7.80. The van der Waals surface area contributed by atoms with Crippen molar-refractivity contribution in [3.05, 3.63) is 71.1 Å². The molecule has 2 aromatic carbocycles. The maximum absolute atomic E-state index is 13.9. The minimum absolute atomic E-state index is 0.0404. The summed E-state index contributed by atoms with van der Waals surface area (Å²) in [5, 5.41) is 10.3. The van der Waals surface area contributed by atoms with E-state index in [0.29, 0.717) is 16.4 Å². The molecule has 10 heteroatoms. The van der Waals surface area contributed by atoms with Crippen LogP contribution in [-0.2, 0) is 6.54 Å². The van der Waals surface area contributed by atoms with E-state index < -0.39 is 12.4 Å². The summed E-state index contributed by atoms with van der Waals surface area (Å²) < 4.78 is 44.8. The van der Waals surface area contributed by atoms with Crippen LogP contribution in [0.3, 0.4) is 0 Å². The molecule has 0 unspecified atom stereocenters. The van der Waals surface area contributed by atoms with Crippen molar-refractivity contribution in [3.63, 3.8) is 0 Å². The number of nitrogens with one attached hydrogen (secondary N) is 2. The standard InChI is InChI=1S/C18H14ClF3N4OS/c19-12-4-3-5-13(20)11(12)10-26-9-8-16(25-26)24-18(28)23-14-6-1-2-7-15(14)27-17(21)22/h1-9,17H,10H2,(H2,23,24,25,28). The Balaban J connectivity index is 1.65. The molecular weight excluding hydrogens is 413 g/mol. The molecule has 0 bridgehead atoms. The molecular formula is C18H14ClF3N4OS. The van der Waals surface area contributed by atoms with Gasteiger partial charge in [0.2, 0.25) is 0 Å². The van der Waals surface area contributed by atoms with Crippen molar-refractivity contribution in [2.75, 3.05) is 10.6 Å². The van der Waals surface area contributed by atoms with Gasteiger partial charge >= 0.3 is 6.61 Å². The summed E-state index contributed by atoms with van der Waals surface area (Å²) in [6, 6.07) is 12.2. The Hall–Kier alpha value is -2.78. The second-order valence-corrected chi connectivity index (χ2v) is 6.37. The molecule has 0 aliphatic heterocycles.